The molecule has 1 saturated heterocycles. The molecule has 2 heterocycles. The van der Waals surface area contributed by atoms with Gasteiger partial charge in [0.2, 0.25) is 0 Å². The minimum Gasteiger partial charge on any atom is -0.349 e. The zero-order valence-corrected chi connectivity index (χ0v) is 12.9. The van der Waals surface area contributed by atoms with Gasteiger partial charge in [-0.2, -0.15) is 5.26 Å². The summed E-state index contributed by atoms with van der Waals surface area (Å²) < 4.78 is 0. The van der Waals surface area contributed by atoms with E-state index in [0.29, 0.717) is 17.3 Å². The normalized spacial score (nSPS) is 16.4. The summed E-state index contributed by atoms with van der Waals surface area (Å²) in [5.41, 5.74) is 1.38. The Balaban J connectivity index is 1.93. The molecule has 2 rings (SSSR count). The molecule has 5 nitrogen and oxygen atoms in total. The predicted octanol–water partition coefficient (Wildman–Crippen LogP) is 2.02. The second-order valence-corrected chi connectivity index (χ2v) is 5.59. The van der Waals surface area contributed by atoms with Crippen LogP contribution >= 0.6 is 11.6 Å². The largest absolute Gasteiger partial charge is 0.349 e. The lowest BCUT2D eigenvalue weighted by Gasteiger charge is -2.30. The number of likely N-dealkylation sites (tertiary alicyclic amines) is 1. The summed E-state index contributed by atoms with van der Waals surface area (Å²) in [5, 5.41) is 12.1. The second kappa shape index (κ2) is 7.39. The van der Waals surface area contributed by atoms with Crippen molar-refractivity contribution < 1.29 is 4.79 Å². The Hall–Kier alpha value is -1.64. The van der Waals surface area contributed by atoms with Crippen LogP contribution in [0.15, 0.2) is 12.1 Å². The van der Waals surface area contributed by atoms with Crippen molar-refractivity contribution in [3.05, 3.63) is 28.5 Å². The number of hydrogen-bond acceptors (Lipinski definition) is 4. The molecule has 1 amide bonds. The lowest BCUT2D eigenvalue weighted by molar-refractivity contribution is 0.0914. The van der Waals surface area contributed by atoms with Crippen LogP contribution in [0.3, 0.4) is 0 Å². The first kappa shape index (κ1) is 15.7. The van der Waals surface area contributed by atoms with E-state index in [9.17, 15) is 4.79 Å². The Kier molecular flexibility index (Phi) is 5.54. The van der Waals surface area contributed by atoms with Gasteiger partial charge in [-0.15, -0.1) is 0 Å². The quantitative estimate of drug-likeness (QED) is 0.682. The number of nitrogens with one attached hydrogen (secondary N) is 1. The standard InChI is InChI=1S/C15H19ClN4O/c1-2-12-9-11(10-14(16)18-12)15(21)19-13-3-6-20(7-4-13)8-5-17/h9-10,13H,2-4,6-8H2,1H3,(H,19,21). The molecule has 1 aromatic rings. The van der Waals surface area contributed by atoms with Gasteiger partial charge in [-0.3, -0.25) is 9.69 Å². The van der Waals surface area contributed by atoms with E-state index in [4.69, 9.17) is 16.9 Å². The number of carbonyl (C=O) groups excluding carboxylic acids is 1. The fraction of sp³-hybridized carbons (Fsp3) is 0.533. The van der Waals surface area contributed by atoms with Gasteiger partial charge in [-0.1, -0.05) is 18.5 Å². The van der Waals surface area contributed by atoms with Crippen LogP contribution < -0.4 is 5.32 Å². The summed E-state index contributed by atoms with van der Waals surface area (Å²) in [4.78, 5) is 18.5. The van der Waals surface area contributed by atoms with Crippen molar-refractivity contribution in [1.29, 1.82) is 5.26 Å². The molecule has 1 aliphatic rings. The first-order valence-corrected chi connectivity index (χ1v) is 7.56. The predicted molar refractivity (Wildman–Crippen MR) is 81.2 cm³/mol. The first-order chi connectivity index (χ1) is 10.1. The van der Waals surface area contributed by atoms with Gasteiger partial charge in [0.15, 0.2) is 0 Å². The molecule has 1 aliphatic heterocycles. The highest BCUT2D eigenvalue weighted by Crippen LogP contribution is 2.14. The van der Waals surface area contributed by atoms with Crippen LogP contribution in [-0.2, 0) is 6.42 Å². The summed E-state index contributed by atoms with van der Waals surface area (Å²) in [5.74, 6) is -0.104. The van der Waals surface area contributed by atoms with E-state index in [-0.39, 0.29) is 11.9 Å². The van der Waals surface area contributed by atoms with Gasteiger partial charge in [0.05, 0.1) is 12.6 Å². The number of halogens is 1. The van der Waals surface area contributed by atoms with Crippen molar-refractivity contribution >= 4 is 17.5 Å². The summed E-state index contributed by atoms with van der Waals surface area (Å²) >= 11 is 5.94. The summed E-state index contributed by atoms with van der Waals surface area (Å²) in [6, 6.07) is 5.69. The number of aromatic nitrogens is 1. The van der Waals surface area contributed by atoms with Crippen LogP contribution in [0, 0.1) is 11.3 Å². The number of nitrogens with zero attached hydrogens (tertiary/aromatic N) is 3. The molecule has 0 atom stereocenters. The van der Waals surface area contributed by atoms with E-state index >= 15 is 0 Å². The van der Waals surface area contributed by atoms with Gasteiger partial charge in [-0.25, -0.2) is 4.98 Å². The third kappa shape index (κ3) is 4.42. The fourth-order valence-electron chi connectivity index (χ4n) is 2.47. The molecule has 21 heavy (non-hydrogen) atoms. The molecular formula is C15H19ClN4O. The minimum atomic E-state index is -0.104. The molecule has 6 heteroatoms. The van der Waals surface area contributed by atoms with Crippen LogP contribution in [-0.4, -0.2) is 41.5 Å². The van der Waals surface area contributed by atoms with E-state index in [2.05, 4.69) is 21.3 Å². The van der Waals surface area contributed by atoms with Crippen molar-refractivity contribution in [1.82, 2.24) is 15.2 Å². The maximum absolute atomic E-state index is 12.3. The highest BCUT2D eigenvalue weighted by atomic mass is 35.5. The summed E-state index contributed by atoms with van der Waals surface area (Å²) in [6.45, 7) is 4.12. The van der Waals surface area contributed by atoms with E-state index in [1.807, 2.05) is 6.92 Å². The van der Waals surface area contributed by atoms with Crippen LogP contribution in [0.2, 0.25) is 5.15 Å². The summed E-state index contributed by atoms with van der Waals surface area (Å²) in [7, 11) is 0. The van der Waals surface area contributed by atoms with Crippen molar-refractivity contribution in [3.63, 3.8) is 0 Å². The number of piperidine rings is 1. The number of aryl methyl sites for hydroxylation is 1. The minimum absolute atomic E-state index is 0.104. The Morgan fingerprint density at radius 3 is 2.86 bits per heavy atom. The molecule has 1 N–H and O–H groups in total. The van der Waals surface area contributed by atoms with Gasteiger partial charge >= 0.3 is 0 Å². The molecule has 112 valence electrons. The van der Waals surface area contributed by atoms with Crippen molar-refractivity contribution in [2.24, 2.45) is 0 Å². The van der Waals surface area contributed by atoms with E-state index < -0.39 is 0 Å². The molecule has 0 spiro atoms. The summed E-state index contributed by atoms with van der Waals surface area (Å²) in [6.07, 6.45) is 2.48. The van der Waals surface area contributed by atoms with Crippen molar-refractivity contribution in [2.75, 3.05) is 19.6 Å². The number of rotatable bonds is 4. The maximum Gasteiger partial charge on any atom is 0.251 e. The molecule has 0 saturated carbocycles. The SMILES string of the molecule is CCc1cc(C(=O)NC2CCN(CC#N)CC2)cc(Cl)n1. The van der Waals surface area contributed by atoms with Gasteiger partial charge < -0.3 is 5.32 Å². The topological polar surface area (TPSA) is 69.0 Å². The molecular weight excluding hydrogens is 288 g/mol. The Morgan fingerprint density at radius 1 is 1.52 bits per heavy atom. The average molecular weight is 307 g/mol. The first-order valence-electron chi connectivity index (χ1n) is 7.19. The van der Waals surface area contributed by atoms with Crippen LogP contribution in [0.4, 0.5) is 0 Å². The lowest BCUT2D eigenvalue weighted by atomic mass is 10.0. The van der Waals surface area contributed by atoms with Crippen LogP contribution in [0.25, 0.3) is 0 Å². The number of nitriles is 1. The molecule has 0 bridgehead atoms. The zero-order valence-electron chi connectivity index (χ0n) is 12.1. The molecule has 0 aromatic carbocycles. The van der Waals surface area contributed by atoms with Gasteiger partial charge in [0, 0.05) is 30.4 Å². The van der Waals surface area contributed by atoms with E-state index in [0.717, 1.165) is 38.0 Å². The lowest BCUT2D eigenvalue weighted by Crippen LogP contribution is -2.44. The van der Waals surface area contributed by atoms with Gasteiger partial charge in [0.25, 0.3) is 5.91 Å². The Bertz CT molecular complexity index is 547. The monoisotopic (exact) mass is 306 g/mol. The number of hydrogen-bond donors (Lipinski definition) is 1. The van der Waals surface area contributed by atoms with Crippen LogP contribution in [0.1, 0.15) is 35.8 Å². The number of pyridine rings is 1. The zero-order chi connectivity index (χ0) is 15.2. The average Bonchev–Trinajstić information content (AvgIpc) is 2.48. The fourth-order valence-corrected chi connectivity index (χ4v) is 2.69. The highest BCUT2D eigenvalue weighted by Gasteiger charge is 2.21. The van der Waals surface area contributed by atoms with Crippen LogP contribution in [0.5, 0.6) is 0 Å². The van der Waals surface area contributed by atoms with Crippen molar-refractivity contribution in [3.8, 4) is 6.07 Å². The number of amides is 1. The third-order valence-corrected chi connectivity index (χ3v) is 3.88. The molecule has 0 radical (unpaired) electrons. The number of carbonyl (C=O) groups is 1. The van der Waals surface area contributed by atoms with Gasteiger partial charge in [0.1, 0.15) is 5.15 Å². The molecule has 0 unspecified atom stereocenters. The third-order valence-electron chi connectivity index (χ3n) is 3.69. The Labute approximate surface area is 129 Å². The molecule has 1 aromatic heterocycles. The smallest absolute Gasteiger partial charge is 0.251 e. The molecule has 1 fully saturated rings. The Morgan fingerprint density at radius 2 is 2.24 bits per heavy atom. The van der Waals surface area contributed by atoms with Crippen molar-refractivity contribution in [2.45, 2.75) is 32.2 Å². The second-order valence-electron chi connectivity index (χ2n) is 5.21. The highest BCUT2D eigenvalue weighted by molar-refractivity contribution is 6.29. The maximum atomic E-state index is 12.3. The molecule has 0 aliphatic carbocycles. The van der Waals surface area contributed by atoms with Gasteiger partial charge in [-0.05, 0) is 31.4 Å². The van der Waals surface area contributed by atoms with E-state index in [1.165, 1.54) is 0 Å². The van der Waals surface area contributed by atoms with E-state index in [1.54, 1.807) is 12.1 Å².